The van der Waals surface area contributed by atoms with Crippen molar-refractivity contribution in [2.75, 3.05) is 13.1 Å². The quantitative estimate of drug-likeness (QED) is 0.811. The minimum atomic E-state index is -1.30. The van der Waals surface area contributed by atoms with Crippen LogP contribution in [0, 0.1) is 0 Å². The van der Waals surface area contributed by atoms with Gasteiger partial charge in [0.2, 0.25) is 0 Å². The van der Waals surface area contributed by atoms with Gasteiger partial charge in [-0.15, -0.1) is 0 Å². The number of nitrogens with zero attached hydrogens (tertiary/aromatic N) is 2. The summed E-state index contributed by atoms with van der Waals surface area (Å²) in [4.78, 5) is 0. The van der Waals surface area contributed by atoms with Gasteiger partial charge in [0.25, 0.3) is 0 Å². The Morgan fingerprint density at radius 1 is 1.47 bits per heavy atom. The maximum Gasteiger partial charge on any atom is 0.146 e. The van der Waals surface area contributed by atoms with Crippen LogP contribution in [0.2, 0.25) is 0 Å². The minimum Gasteiger partial charge on any atom is -0.317 e. The van der Waals surface area contributed by atoms with Gasteiger partial charge in [-0.3, -0.25) is 4.68 Å². The van der Waals surface area contributed by atoms with Crippen molar-refractivity contribution < 1.29 is 4.39 Å². The molecule has 0 bridgehead atoms. The van der Waals surface area contributed by atoms with Crippen LogP contribution in [-0.4, -0.2) is 22.9 Å². The van der Waals surface area contributed by atoms with Gasteiger partial charge in [0.15, 0.2) is 0 Å². The molecule has 0 spiro atoms. The Balaban J connectivity index is 2.24. The molecule has 0 radical (unpaired) electrons. The van der Waals surface area contributed by atoms with Crippen LogP contribution >= 0.6 is 0 Å². The molecule has 84 valence electrons. The Labute approximate surface area is 89.7 Å². The fourth-order valence-electron chi connectivity index (χ4n) is 2.13. The third-order valence-corrected chi connectivity index (χ3v) is 2.93. The first kappa shape index (κ1) is 10.6. The van der Waals surface area contributed by atoms with Gasteiger partial charge in [0, 0.05) is 6.20 Å². The number of piperidine rings is 1. The molecule has 1 fully saturated rings. The van der Waals surface area contributed by atoms with Crippen LogP contribution in [0.5, 0.6) is 0 Å². The number of alkyl halides is 1. The minimum absolute atomic E-state index is 0.353. The summed E-state index contributed by atoms with van der Waals surface area (Å²) in [5.74, 6) is 0. The summed E-state index contributed by atoms with van der Waals surface area (Å²) in [5, 5.41) is 7.56. The first-order chi connectivity index (χ1) is 7.09. The molecule has 0 amide bonds. The molecule has 15 heavy (non-hydrogen) atoms. The highest BCUT2D eigenvalue weighted by molar-refractivity contribution is 5.10. The number of halogens is 1. The summed E-state index contributed by atoms with van der Waals surface area (Å²) in [6, 6.07) is 2.13. The van der Waals surface area contributed by atoms with Crippen molar-refractivity contribution in [3.8, 4) is 0 Å². The van der Waals surface area contributed by atoms with Crippen molar-refractivity contribution in [2.45, 2.75) is 38.4 Å². The molecule has 0 aliphatic carbocycles. The van der Waals surface area contributed by atoms with E-state index in [-0.39, 0.29) is 0 Å². The zero-order valence-electron chi connectivity index (χ0n) is 9.33. The van der Waals surface area contributed by atoms with E-state index in [1.54, 1.807) is 26.1 Å². The van der Waals surface area contributed by atoms with Gasteiger partial charge in [0.05, 0.1) is 11.7 Å². The lowest BCUT2D eigenvalue weighted by molar-refractivity contribution is 0.191. The van der Waals surface area contributed by atoms with E-state index in [2.05, 4.69) is 10.4 Å². The molecule has 2 rings (SSSR count). The van der Waals surface area contributed by atoms with Gasteiger partial charge in [0.1, 0.15) is 5.67 Å². The van der Waals surface area contributed by atoms with E-state index in [1.807, 2.05) is 4.68 Å². The monoisotopic (exact) mass is 211 g/mol. The van der Waals surface area contributed by atoms with E-state index in [0.717, 1.165) is 25.9 Å². The lowest BCUT2D eigenvalue weighted by atomic mass is 10.0. The van der Waals surface area contributed by atoms with Crippen LogP contribution in [0.3, 0.4) is 0 Å². The lowest BCUT2D eigenvalue weighted by Crippen LogP contribution is -2.32. The average molecular weight is 211 g/mol. The predicted molar refractivity (Wildman–Crippen MR) is 57.5 cm³/mol. The molecule has 1 N–H and O–H groups in total. The molecule has 2 heterocycles. The summed E-state index contributed by atoms with van der Waals surface area (Å²) in [6.45, 7) is 5.16. The van der Waals surface area contributed by atoms with Gasteiger partial charge in [-0.1, -0.05) is 0 Å². The maximum absolute atomic E-state index is 13.9. The van der Waals surface area contributed by atoms with E-state index in [1.165, 1.54) is 0 Å². The summed E-state index contributed by atoms with van der Waals surface area (Å²) < 4.78 is 15.8. The number of hydrogen-bond donors (Lipinski definition) is 1. The van der Waals surface area contributed by atoms with Crippen molar-refractivity contribution in [3.05, 3.63) is 18.0 Å². The Morgan fingerprint density at radius 3 is 2.73 bits per heavy atom. The molecule has 3 nitrogen and oxygen atoms in total. The first-order valence-electron chi connectivity index (χ1n) is 5.52. The Kier molecular flexibility index (Phi) is 2.78. The van der Waals surface area contributed by atoms with Crippen molar-refractivity contribution in [2.24, 2.45) is 0 Å². The second kappa shape index (κ2) is 3.93. The summed E-state index contributed by atoms with van der Waals surface area (Å²) >= 11 is 0. The van der Waals surface area contributed by atoms with Crippen LogP contribution in [0.1, 0.15) is 38.4 Å². The molecule has 1 aromatic rings. The molecule has 1 aromatic heterocycles. The highest BCUT2D eigenvalue weighted by Gasteiger charge is 2.27. The van der Waals surface area contributed by atoms with Crippen molar-refractivity contribution in [1.29, 1.82) is 0 Å². The van der Waals surface area contributed by atoms with Crippen LogP contribution in [0.4, 0.5) is 4.39 Å². The summed E-state index contributed by atoms with van der Waals surface area (Å²) in [6.07, 6.45) is 3.76. The van der Waals surface area contributed by atoms with E-state index in [0.29, 0.717) is 11.7 Å². The van der Waals surface area contributed by atoms with Crippen LogP contribution in [0.15, 0.2) is 12.3 Å². The van der Waals surface area contributed by atoms with Crippen LogP contribution in [0.25, 0.3) is 0 Å². The number of nitrogens with one attached hydrogen (secondary N) is 1. The van der Waals surface area contributed by atoms with Crippen molar-refractivity contribution in [3.63, 3.8) is 0 Å². The normalized spacial score (nSPS) is 19.4. The van der Waals surface area contributed by atoms with Gasteiger partial charge in [-0.2, -0.15) is 5.10 Å². The molecule has 1 saturated heterocycles. The fourth-order valence-corrected chi connectivity index (χ4v) is 2.13. The first-order valence-corrected chi connectivity index (χ1v) is 5.52. The second-order valence-electron chi connectivity index (χ2n) is 4.61. The second-order valence-corrected chi connectivity index (χ2v) is 4.61. The number of rotatable bonds is 2. The van der Waals surface area contributed by atoms with E-state index in [4.69, 9.17) is 0 Å². The standard InChI is InChI=1S/C11H18FN3/c1-11(2,12)10-5-8-14-15(10)9-3-6-13-7-4-9/h5,8-9,13H,3-4,6-7H2,1-2H3. The molecule has 0 atom stereocenters. The predicted octanol–water partition coefficient (Wildman–Crippen LogP) is 2.01. The zero-order chi connectivity index (χ0) is 10.9. The molecule has 1 aliphatic heterocycles. The largest absolute Gasteiger partial charge is 0.317 e. The average Bonchev–Trinajstić information content (AvgIpc) is 2.67. The molecule has 0 unspecified atom stereocenters. The maximum atomic E-state index is 13.9. The third kappa shape index (κ3) is 2.20. The third-order valence-electron chi connectivity index (χ3n) is 2.93. The highest BCUT2D eigenvalue weighted by Crippen LogP contribution is 2.28. The van der Waals surface area contributed by atoms with Crippen molar-refractivity contribution in [1.82, 2.24) is 15.1 Å². The zero-order valence-corrected chi connectivity index (χ0v) is 9.33. The Morgan fingerprint density at radius 2 is 2.13 bits per heavy atom. The van der Waals surface area contributed by atoms with Gasteiger partial charge >= 0.3 is 0 Å². The lowest BCUT2D eigenvalue weighted by Gasteiger charge is -2.27. The highest BCUT2D eigenvalue weighted by atomic mass is 19.1. The number of hydrogen-bond acceptors (Lipinski definition) is 2. The molecular weight excluding hydrogens is 193 g/mol. The van der Waals surface area contributed by atoms with Gasteiger partial charge < -0.3 is 5.32 Å². The van der Waals surface area contributed by atoms with Gasteiger partial charge in [-0.25, -0.2) is 4.39 Å². The molecule has 0 aromatic carbocycles. The summed E-state index contributed by atoms with van der Waals surface area (Å²) in [7, 11) is 0. The molecular formula is C11H18FN3. The van der Waals surface area contributed by atoms with Crippen molar-refractivity contribution >= 4 is 0 Å². The smallest absolute Gasteiger partial charge is 0.146 e. The van der Waals surface area contributed by atoms with E-state index in [9.17, 15) is 4.39 Å². The Bertz CT molecular complexity index is 321. The summed E-state index contributed by atoms with van der Waals surface area (Å²) in [5.41, 5.74) is -0.615. The van der Waals surface area contributed by atoms with E-state index < -0.39 is 5.67 Å². The number of aromatic nitrogens is 2. The SMILES string of the molecule is CC(C)(F)c1ccnn1C1CCNCC1. The Hall–Kier alpha value is -0.900. The molecule has 0 saturated carbocycles. The van der Waals surface area contributed by atoms with Crippen LogP contribution in [-0.2, 0) is 5.67 Å². The van der Waals surface area contributed by atoms with Crippen LogP contribution < -0.4 is 5.32 Å². The molecule has 1 aliphatic rings. The molecule has 4 heteroatoms. The van der Waals surface area contributed by atoms with E-state index >= 15 is 0 Å². The van der Waals surface area contributed by atoms with Gasteiger partial charge in [-0.05, 0) is 45.8 Å². The topological polar surface area (TPSA) is 29.9 Å². The fraction of sp³-hybridized carbons (Fsp3) is 0.727.